The lowest BCUT2D eigenvalue weighted by Crippen LogP contribution is -2.22. The molecule has 5 nitrogen and oxygen atoms in total. The Balaban J connectivity index is 1.80. The highest BCUT2D eigenvalue weighted by Gasteiger charge is 2.60. The molecule has 1 fully saturated rings. The number of rotatable bonds is 5. The molecule has 0 unspecified atom stereocenters. The number of hydrogen-bond donors (Lipinski definition) is 1. The molecular formula is C18H13Cl2N3O2S. The van der Waals surface area contributed by atoms with Gasteiger partial charge < -0.3 is 4.74 Å². The summed E-state index contributed by atoms with van der Waals surface area (Å²) in [4.78, 5) is 15.7. The number of carbonyl (C=O) groups excluding carboxylic acids is 1. The Morgan fingerprint density at radius 3 is 2.54 bits per heavy atom. The van der Waals surface area contributed by atoms with Crippen molar-refractivity contribution in [3.05, 3.63) is 81.9 Å². The second kappa shape index (κ2) is 6.70. The number of benzene rings is 2. The smallest absolute Gasteiger partial charge is 0.253 e. The van der Waals surface area contributed by atoms with Crippen molar-refractivity contribution >= 4 is 40.9 Å². The minimum Gasteiger partial charge on any atom is -0.354 e. The fourth-order valence-corrected chi connectivity index (χ4v) is 3.86. The van der Waals surface area contributed by atoms with Crippen molar-refractivity contribution in [2.75, 3.05) is 0 Å². The zero-order valence-electron chi connectivity index (χ0n) is 13.3. The zero-order chi connectivity index (χ0) is 18.3. The second-order valence-electron chi connectivity index (χ2n) is 5.94. The third-order valence-electron chi connectivity index (χ3n) is 4.40. The number of nitrogens with zero attached hydrogens (tertiary/aromatic N) is 3. The standard InChI is InChI=1S/C18H13Cl2N3O2S/c19-13-7-3-1-5-11(13)15-18(25-15,12-6-2-4-8-14(12)20)9-23-16(17(24)26)21-10-22-23/h1-8,10,15H,9H2,(H,24,26)/t15-,18-/m0/s1. The van der Waals surface area contributed by atoms with Crippen molar-refractivity contribution in [3.8, 4) is 0 Å². The number of hydrogen-bond acceptors (Lipinski definition) is 4. The van der Waals surface area contributed by atoms with Crippen LogP contribution in [0.1, 0.15) is 27.8 Å². The minimum absolute atomic E-state index is 0.146. The molecule has 1 aliphatic heterocycles. The van der Waals surface area contributed by atoms with Crippen molar-refractivity contribution in [2.24, 2.45) is 0 Å². The number of ether oxygens (including phenoxy) is 1. The van der Waals surface area contributed by atoms with Gasteiger partial charge in [-0.05, 0) is 12.1 Å². The largest absolute Gasteiger partial charge is 0.354 e. The van der Waals surface area contributed by atoms with Crippen molar-refractivity contribution in [3.63, 3.8) is 0 Å². The Hall–Kier alpha value is -1.86. The zero-order valence-corrected chi connectivity index (χ0v) is 15.7. The molecule has 0 spiro atoms. The predicted molar refractivity (Wildman–Crippen MR) is 102 cm³/mol. The number of thiol groups is 1. The fraction of sp³-hybridized carbons (Fsp3) is 0.167. The van der Waals surface area contributed by atoms with Crippen LogP contribution in [0.4, 0.5) is 0 Å². The van der Waals surface area contributed by atoms with Gasteiger partial charge in [0.05, 0.1) is 6.54 Å². The molecule has 4 rings (SSSR count). The molecule has 0 aliphatic carbocycles. The molecule has 0 bridgehead atoms. The molecule has 0 radical (unpaired) electrons. The van der Waals surface area contributed by atoms with Gasteiger partial charge in [0.15, 0.2) is 0 Å². The van der Waals surface area contributed by atoms with Crippen molar-refractivity contribution in [1.29, 1.82) is 0 Å². The van der Waals surface area contributed by atoms with E-state index in [4.69, 9.17) is 27.9 Å². The molecule has 132 valence electrons. The molecule has 3 aromatic rings. The van der Waals surface area contributed by atoms with Crippen molar-refractivity contribution in [1.82, 2.24) is 14.8 Å². The van der Waals surface area contributed by atoms with Gasteiger partial charge in [-0.25, -0.2) is 9.67 Å². The number of carbonyl (C=O) groups is 1. The third-order valence-corrected chi connectivity index (χ3v) is 5.28. The summed E-state index contributed by atoms with van der Waals surface area (Å²) in [5.41, 5.74) is 0.863. The summed E-state index contributed by atoms with van der Waals surface area (Å²) in [6.07, 6.45) is 1.000. The van der Waals surface area contributed by atoms with Gasteiger partial charge in [0.25, 0.3) is 5.12 Å². The lowest BCUT2D eigenvalue weighted by Gasteiger charge is -2.16. The van der Waals surface area contributed by atoms with Crippen molar-refractivity contribution < 1.29 is 9.53 Å². The average Bonchev–Trinajstić information content (AvgIpc) is 3.13. The monoisotopic (exact) mass is 405 g/mol. The normalized spacial score (nSPS) is 21.6. The second-order valence-corrected chi connectivity index (χ2v) is 7.16. The summed E-state index contributed by atoms with van der Waals surface area (Å²) >= 11 is 16.7. The lowest BCUT2D eigenvalue weighted by atomic mass is 9.91. The molecule has 26 heavy (non-hydrogen) atoms. The van der Waals surface area contributed by atoms with E-state index in [2.05, 4.69) is 22.7 Å². The summed E-state index contributed by atoms with van der Waals surface area (Å²) in [7, 11) is 0. The van der Waals surface area contributed by atoms with Gasteiger partial charge in [-0.1, -0.05) is 72.2 Å². The van der Waals surface area contributed by atoms with Gasteiger partial charge in [0.2, 0.25) is 5.82 Å². The van der Waals surface area contributed by atoms with E-state index in [-0.39, 0.29) is 18.5 Å². The van der Waals surface area contributed by atoms with Crippen LogP contribution in [0.3, 0.4) is 0 Å². The Kier molecular flexibility index (Phi) is 4.52. The summed E-state index contributed by atoms with van der Waals surface area (Å²) < 4.78 is 7.63. The quantitative estimate of drug-likeness (QED) is 0.507. The third kappa shape index (κ3) is 2.93. The maximum absolute atomic E-state index is 11.7. The molecule has 0 saturated carbocycles. The lowest BCUT2D eigenvalue weighted by molar-refractivity contribution is 0.107. The molecular weight excluding hydrogens is 393 g/mol. The molecule has 2 aromatic carbocycles. The van der Waals surface area contributed by atoms with Crippen LogP contribution in [-0.4, -0.2) is 19.9 Å². The molecule has 2 atom stereocenters. The van der Waals surface area contributed by atoms with Crippen LogP contribution in [0.5, 0.6) is 0 Å². The average molecular weight is 406 g/mol. The first-order chi connectivity index (χ1) is 12.5. The van der Waals surface area contributed by atoms with Crippen LogP contribution in [-0.2, 0) is 16.9 Å². The SMILES string of the molecule is O=C(S)c1ncnn1C[C@@]1(c2ccccc2Cl)O[C@H]1c1ccccc1Cl. The topological polar surface area (TPSA) is 60.3 Å². The highest BCUT2D eigenvalue weighted by molar-refractivity contribution is 7.97. The first-order valence-corrected chi connectivity index (χ1v) is 9.01. The number of epoxide rings is 1. The van der Waals surface area contributed by atoms with Crippen LogP contribution >= 0.6 is 35.8 Å². The van der Waals surface area contributed by atoms with E-state index < -0.39 is 10.7 Å². The van der Waals surface area contributed by atoms with Crippen LogP contribution in [0.15, 0.2) is 54.9 Å². The molecule has 2 heterocycles. The van der Waals surface area contributed by atoms with Crippen molar-refractivity contribution in [2.45, 2.75) is 18.2 Å². The van der Waals surface area contributed by atoms with E-state index in [1.807, 2.05) is 42.5 Å². The number of halogens is 2. The Morgan fingerprint density at radius 2 is 1.85 bits per heavy atom. The number of aromatic nitrogens is 3. The molecule has 0 amide bonds. The Labute approximate surface area is 165 Å². The summed E-state index contributed by atoms with van der Waals surface area (Å²) in [6, 6.07) is 14.9. The summed E-state index contributed by atoms with van der Waals surface area (Å²) in [5, 5.41) is 4.86. The van der Waals surface area contributed by atoms with Gasteiger partial charge in [-0.15, -0.1) is 0 Å². The Bertz CT molecular complexity index is 994. The molecule has 0 N–H and O–H groups in total. The highest BCUT2D eigenvalue weighted by Crippen LogP contribution is 2.60. The van der Waals surface area contributed by atoms with E-state index in [1.165, 1.54) is 11.0 Å². The molecule has 1 aliphatic rings. The van der Waals surface area contributed by atoms with Crippen LogP contribution in [0, 0.1) is 0 Å². The van der Waals surface area contributed by atoms with Crippen LogP contribution in [0.2, 0.25) is 10.0 Å². The minimum atomic E-state index is -0.797. The Morgan fingerprint density at radius 1 is 1.15 bits per heavy atom. The van der Waals surface area contributed by atoms with E-state index in [0.29, 0.717) is 10.0 Å². The van der Waals surface area contributed by atoms with E-state index in [0.717, 1.165) is 11.1 Å². The molecule has 1 saturated heterocycles. The van der Waals surface area contributed by atoms with Gasteiger partial charge in [0.1, 0.15) is 18.0 Å². The molecule has 1 aromatic heterocycles. The van der Waals surface area contributed by atoms with Crippen LogP contribution < -0.4 is 0 Å². The maximum atomic E-state index is 11.7. The van der Waals surface area contributed by atoms with Gasteiger partial charge in [0, 0.05) is 21.2 Å². The predicted octanol–water partition coefficient (Wildman–Crippen LogP) is 4.32. The van der Waals surface area contributed by atoms with Gasteiger partial charge in [-0.3, -0.25) is 4.79 Å². The van der Waals surface area contributed by atoms with Gasteiger partial charge in [-0.2, -0.15) is 5.10 Å². The van der Waals surface area contributed by atoms with E-state index >= 15 is 0 Å². The fourth-order valence-electron chi connectivity index (χ4n) is 3.16. The molecule has 8 heteroatoms. The highest BCUT2D eigenvalue weighted by atomic mass is 35.5. The van der Waals surface area contributed by atoms with Crippen LogP contribution in [0.25, 0.3) is 0 Å². The maximum Gasteiger partial charge on any atom is 0.253 e. The summed E-state index contributed by atoms with van der Waals surface area (Å²) in [5.74, 6) is 0.146. The van der Waals surface area contributed by atoms with E-state index in [1.54, 1.807) is 6.07 Å². The summed E-state index contributed by atoms with van der Waals surface area (Å²) in [6.45, 7) is 0.258. The first kappa shape index (κ1) is 17.5. The first-order valence-electron chi connectivity index (χ1n) is 7.81. The van der Waals surface area contributed by atoms with Gasteiger partial charge >= 0.3 is 0 Å². The van der Waals surface area contributed by atoms with E-state index in [9.17, 15) is 4.79 Å².